The van der Waals surface area contributed by atoms with Crippen molar-refractivity contribution in [3.05, 3.63) is 5.21 Å². The van der Waals surface area contributed by atoms with Gasteiger partial charge < -0.3 is 5.21 Å². The van der Waals surface area contributed by atoms with Crippen LogP contribution in [-0.2, 0) is 4.94 Å². The van der Waals surface area contributed by atoms with Crippen molar-refractivity contribution < 1.29 is 57.0 Å². The van der Waals surface area contributed by atoms with Crippen LogP contribution in [0, 0.1) is 47.0 Å². The van der Waals surface area contributed by atoms with Gasteiger partial charge in [-0.25, -0.2) is 0 Å². The van der Waals surface area contributed by atoms with E-state index in [1.807, 2.05) is 0 Å². The van der Waals surface area contributed by atoms with Crippen molar-refractivity contribution in [2.75, 3.05) is 0 Å². The molecule has 0 radical (unpaired) electrons. The first kappa shape index (κ1) is 11.0. The fourth-order valence-corrected chi connectivity index (χ4v) is 0. The second-order valence-electron chi connectivity index (χ2n) is 0.670. The SMILES string of the molecule is NO[N+](N)([O-])O.[Ce]. The van der Waals surface area contributed by atoms with Gasteiger partial charge in [0.25, 0.3) is 0 Å². The Morgan fingerprint density at radius 2 is 1.86 bits per heavy atom. The predicted molar refractivity (Wildman–Crippen MR) is 14.9 cm³/mol. The van der Waals surface area contributed by atoms with Crippen molar-refractivity contribution in [3.8, 4) is 0 Å². The Kier molecular flexibility index (Phi) is 6.38. The van der Waals surface area contributed by atoms with Crippen LogP contribution in [0.4, 0.5) is 0 Å². The smallest absolute Gasteiger partial charge is 0.0247 e. The van der Waals surface area contributed by atoms with Crippen LogP contribution in [-0.4, -0.2) is 10.3 Å². The molecule has 0 aliphatic heterocycles. The molecule has 0 amide bonds. The van der Waals surface area contributed by atoms with Gasteiger partial charge in [0.2, 0.25) is 0 Å². The van der Waals surface area contributed by atoms with Crippen molar-refractivity contribution in [3.63, 3.8) is 0 Å². The average Bonchev–Trinajstić information content (AvgIpc) is 1.35. The summed E-state index contributed by atoms with van der Waals surface area (Å²) in [6.45, 7) is 0. The summed E-state index contributed by atoms with van der Waals surface area (Å²) < 4.78 is 0. The van der Waals surface area contributed by atoms with Crippen molar-refractivity contribution in [1.82, 2.24) is 0 Å². The van der Waals surface area contributed by atoms with Crippen LogP contribution in [0.3, 0.4) is 0 Å². The fourth-order valence-electron chi connectivity index (χ4n) is 0. The third-order valence-corrected chi connectivity index (χ3v) is 0.151. The molecule has 0 saturated heterocycles. The number of nitrogens with two attached hydrogens (primary N) is 2. The quantitative estimate of drug-likeness (QED) is 0.287. The molecule has 7 heteroatoms. The van der Waals surface area contributed by atoms with Gasteiger partial charge in [0.05, 0.1) is 0 Å². The van der Waals surface area contributed by atoms with Crippen LogP contribution in [0.15, 0.2) is 0 Å². The van der Waals surface area contributed by atoms with E-state index >= 15 is 0 Å². The Bertz CT molecular complexity index is 39.9. The molecule has 0 bridgehead atoms. The Morgan fingerprint density at radius 3 is 1.86 bits per heavy atom. The molecule has 0 saturated carbocycles. The molecule has 0 aromatic heterocycles. The van der Waals surface area contributed by atoms with Gasteiger partial charge in [-0.05, 0) is 0 Å². The molecule has 5 N–H and O–H groups in total. The van der Waals surface area contributed by atoms with E-state index in [4.69, 9.17) is 5.21 Å². The van der Waals surface area contributed by atoms with E-state index in [9.17, 15) is 5.21 Å². The number of quaternary nitrogens is 1. The minimum atomic E-state index is -2.40. The van der Waals surface area contributed by atoms with Gasteiger partial charge in [-0.1, -0.05) is 4.94 Å². The first-order chi connectivity index (χ1) is 2.56. The molecule has 0 rings (SSSR count). The minimum absolute atomic E-state index is 0. The first-order valence-electron chi connectivity index (χ1n) is 1.06. The largest absolute Gasteiger partial charge is 0.542 e. The minimum Gasteiger partial charge on any atom is -0.542 e. The van der Waals surface area contributed by atoms with Gasteiger partial charge in [0.15, 0.2) is 0 Å². The van der Waals surface area contributed by atoms with E-state index in [1.54, 1.807) is 0 Å². The Hall–Kier alpha value is 1.14. The molecule has 6 nitrogen and oxygen atoms in total. The zero-order valence-electron chi connectivity index (χ0n) is 3.37. The van der Waals surface area contributed by atoms with Crippen LogP contribution in [0.1, 0.15) is 0 Å². The maximum absolute atomic E-state index is 9.40. The van der Waals surface area contributed by atoms with E-state index in [-0.39, 0.29) is 41.7 Å². The molecule has 1 atom stereocenters. The molecule has 0 fully saturated rings. The topological polar surface area (TPSA) is 105 Å². The van der Waals surface area contributed by atoms with Crippen molar-refractivity contribution in [2.24, 2.45) is 11.7 Å². The van der Waals surface area contributed by atoms with Gasteiger partial charge in [-0.3, -0.25) is 0 Å². The summed E-state index contributed by atoms with van der Waals surface area (Å²) in [5.41, 5.74) is 0. The van der Waals surface area contributed by atoms with Crippen molar-refractivity contribution in [1.29, 1.82) is 0 Å². The van der Waals surface area contributed by atoms with Gasteiger partial charge in [-0.15, -0.1) is 5.84 Å². The molecule has 0 aliphatic carbocycles. The van der Waals surface area contributed by atoms with E-state index in [1.165, 1.54) is 0 Å². The number of rotatable bonds is 1. The van der Waals surface area contributed by atoms with Crippen LogP contribution < -0.4 is 11.7 Å². The van der Waals surface area contributed by atoms with Gasteiger partial charge in [-0.2, -0.15) is 11.1 Å². The molecule has 0 aliphatic rings. The number of nitrogens with zero attached hydrogens (tertiary/aromatic N) is 1. The third-order valence-electron chi connectivity index (χ3n) is 0.151. The molecule has 0 heterocycles. The number of hydrogen-bond acceptors (Lipinski definition) is 5. The molecule has 0 aromatic carbocycles. The molecule has 1 unspecified atom stereocenters. The summed E-state index contributed by atoms with van der Waals surface area (Å²) in [6.07, 6.45) is 0. The Labute approximate surface area is 73.4 Å². The third kappa shape index (κ3) is 11.0. The van der Waals surface area contributed by atoms with E-state index in [2.05, 4.69) is 16.7 Å². The summed E-state index contributed by atoms with van der Waals surface area (Å²) in [5.74, 6) is 8.22. The van der Waals surface area contributed by atoms with E-state index < -0.39 is 5.08 Å². The summed E-state index contributed by atoms with van der Waals surface area (Å²) >= 11 is 0. The maximum atomic E-state index is 9.40. The van der Waals surface area contributed by atoms with E-state index in [0.29, 0.717) is 0 Å². The molecule has 0 aromatic rings. The van der Waals surface area contributed by atoms with Crippen LogP contribution >= 0.6 is 0 Å². The van der Waals surface area contributed by atoms with E-state index in [0.717, 1.165) is 0 Å². The van der Waals surface area contributed by atoms with Gasteiger partial charge in [0, 0.05) is 46.8 Å². The zero-order valence-corrected chi connectivity index (χ0v) is 6.51. The average molecular weight is 235 g/mol. The second-order valence-corrected chi connectivity index (χ2v) is 0.670. The standard InChI is InChI=1S/Ce.H5N3O3/c;1-3(4,5)6-2/h;4H,1-2H2. The van der Waals surface area contributed by atoms with Crippen LogP contribution in [0.25, 0.3) is 0 Å². The summed E-state index contributed by atoms with van der Waals surface area (Å²) in [7, 11) is 0. The zero-order chi connectivity index (χ0) is 5.21. The summed E-state index contributed by atoms with van der Waals surface area (Å²) in [4.78, 5) is 3.15. The molecule has 42 valence electrons. The monoisotopic (exact) mass is 235 g/mol. The fraction of sp³-hybridized carbons (Fsp3) is 0. The van der Waals surface area contributed by atoms with Crippen molar-refractivity contribution in [2.45, 2.75) is 0 Å². The molecular weight excluding hydrogens is 230 g/mol. The molecule has 0 spiro atoms. The maximum Gasteiger partial charge on any atom is 0.0247 e. The molecule has 7 heavy (non-hydrogen) atoms. The molecular formula is H5CeN3O3. The Balaban J connectivity index is 0. The van der Waals surface area contributed by atoms with Crippen molar-refractivity contribution >= 4 is 0 Å². The van der Waals surface area contributed by atoms with Crippen LogP contribution in [0.2, 0.25) is 0 Å². The van der Waals surface area contributed by atoms with Gasteiger partial charge >= 0.3 is 0 Å². The summed E-state index contributed by atoms with van der Waals surface area (Å²) in [5, 5.41) is 14.6. The predicted octanol–water partition coefficient (Wildman–Crippen LogP) is -1.63. The van der Waals surface area contributed by atoms with Gasteiger partial charge in [0.1, 0.15) is 0 Å². The first-order valence-corrected chi connectivity index (χ1v) is 1.06. The normalized spacial score (nSPS) is 17.1. The Morgan fingerprint density at radius 1 is 1.71 bits per heavy atom. The van der Waals surface area contributed by atoms with Crippen LogP contribution in [0.5, 0.6) is 0 Å². The second kappa shape index (κ2) is 4.06. The summed E-state index contributed by atoms with van der Waals surface area (Å²) in [6, 6.07) is 0. The number of hydrogen-bond donors (Lipinski definition) is 3.